The SMILES string of the molecule is CCOC(CNCC(C)(C)NS(C)(=O)=O)OCC. The number of ether oxygens (including phenoxy) is 2. The Morgan fingerprint density at radius 2 is 1.67 bits per heavy atom. The maximum absolute atomic E-state index is 11.2. The summed E-state index contributed by atoms with van der Waals surface area (Å²) in [6.07, 6.45) is 0.854. The van der Waals surface area contributed by atoms with Gasteiger partial charge in [0.25, 0.3) is 0 Å². The molecule has 0 aliphatic heterocycles. The molecule has 0 heterocycles. The van der Waals surface area contributed by atoms with Crippen molar-refractivity contribution in [3.8, 4) is 0 Å². The highest BCUT2D eigenvalue weighted by molar-refractivity contribution is 7.88. The molecule has 18 heavy (non-hydrogen) atoms. The number of sulfonamides is 1. The molecule has 0 bridgehead atoms. The lowest BCUT2D eigenvalue weighted by Crippen LogP contribution is -2.51. The van der Waals surface area contributed by atoms with Crippen molar-refractivity contribution in [2.75, 3.05) is 32.6 Å². The molecule has 0 spiro atoms. The average molecular weight is 282 g/mol. The summed E-state index contributed by atoms with van der Waals surface area (Å²) in [6.45, 7) is 9.62. The average Bonchev–Trinajstić information content (AvgIpc) is 2.14. The Hall–Kier alpha value is -0.210. The van der Waals surface area contributed by atoms with E-state index >= 15 is 0 Å². The third-order valence-corrected chi connectivity index (χ3v) is 2.97. The van der Waals surface area contributed by atoms with Crippen molar-refractivity contribution in [1.82, 2.24) is 10.0 Å². The molecule has 6 nitrogen and oxygen atoms in total. The summed E-state index contributed by atoms with van der Waals surface area (Å²) in [5.41, 5.74) is -0.545. The van der Waals surface area contributed by atoms with Crippen LogP contribution in [-0.2, 0) is 19.5 Å². The van der Waals surface area contributed by atoms with Crippen molar-refractivity contribution in [2.24, 2.45) is 0 Å². The highest BCUT2D eigenvalue weighted by Gasteiger charge is 2.22. The minimum Gasteiger partial charge on any atom is -0.352 e. The van der Waals surface area contributed by atoms with E-state index in [0.717, 1.165) is 6.26 Å². The van der Waals surface area contributed by atoms with E-state index in [1.54, 1.807) is 0 Å². The zero-order valence-electron chi connectivity index (χ0n) is 11.9. The van der Waals surface area contributed by atoms with Crippen LogP contribution in [0.4, 0.5) is 0 Å². The van der Waals surface area contributed by atoms with Gasteiger partial charge in [0.15, 0.2) is 6.29 Å². The number of rotatable bonds is 10. The molecule has 0 aromatic heterocycles. The molecule has 0 radical (unpaired) electrons. The molecule has 0 aliphatic carbocycles. The topological polar surface area (TPSA) is 76.7 Å². The number of hydrogen-bond acceptors (Lipinski definition) is 5. The van der Waals surface area contributed by atoms with Gasteiger partial charge in [0.1, 0.15) is 0 Å². The Balaban J connectivity index is 4.07. The maximum atomic E-state index is 11.2. The Labute approximate surface area is 110 Å². The smallest absolute Gasteiger partial charge is 0.209 e. The van der Waals surface area contributed by atoms with E-state index in [4.69, 9.17) is 9.47 Å². The third-order valence-electron chi connectivity index (χ3n) is 2.04. The van der Waals surface area contributed by atoms with Gasteiger partial charge in [-0.2, -0.15) is 0 Å². The summed E-state index contributed by atoms with van der Waals surface area (Å²) in [5, 5.41) is 3.14. The summed E-state index contributed by atoms with van der Waals surface area (Å²) in [7, 11) is -3.21. The molecule has 0 amide bonds. The molecule has 0 fully saturated rings. The van der Waals surface area contributed by atoms with Gasteiger partial charge in [-0.1, -0.05) is 0 Å². The first-order valence-corrected chi connectivity index (χ1v) is 8.02. The standard InChI is InChI=1S/C11H26N2O4S/c1-6-16-10(17-7-2)8-12-9-11(3,4)13-18(5,14)15/h10,12-13H,6-9H2,1-5H3. The molecular formula is C11H26N2O4S. The normalized spacial score (nSPS) is 13.2. The van der Waals surface area contributed by atoms with Crippen molar-refractivity contribution in [2.45, 2.75) is 39.5 Å². The Morgan fingerprint density at radius 1 is 1.17 bits per heavy atom. The molecule has 0 aliphatic rings. The van der Waals surface area contributed by atoms with E-state index in [0.29, 0.717) is 26.3 Å². The minimum absolute atomic E-state index is 0.297. The number of nitrogens with one attached hydrogen (secondary N) is 2. The van der Waals surface area contributed by atoms with Crippen molar-refractivity contribution in [3.05, 3.63) is 0 Å². The summed E-state index contributed by atoms with van der Waals surface area (Å²) >= 11 is 0. The van der Waals surface area contributed by atoms with Gasteiger partial charge in [-0.05, 0) is 27.7 Å². The second kappa shape index (κ2) is 8.06. The fourth-order valence-electron chi connectivity index (χ4n) is 1.58. The van der Waals surface area contributed by atoms with Crippen molar-refractivity contribution in [1.29, 1.82) is 0 Å². The zero-order chi connectivity index (χ0) is 14.2. The van der Waals surface area contributed by atoms with Crippen LogP contribution in [0.3, 0.4) is 0 Å². The molecule has 2 N–H and O–H groups in total. The molecule has 110 valence electrons. The molecule has 0 saturated heterocycles. The molecule has 0 aromatic carbocycles. The van der Waals surface area contributed by atoms with E-state index in [1.165, 1.54) is 0 Å². The van der Waals surface area contributed by atoms with Gasteiger partial charge >= 0.3 is 0 Å². The van der Waals surface area contributed by atoms with Gasteiger partial charge < -0.3 is 14.8 Å². The van der Waals surface area contributed by atoms with Crippen LogP contribution in [0.2, 0.25) is 0 Å². The van der Waals surface area contributed by atoms with Gasteiger partial charge in [0.2, 0.25) is 10.0 Å². The fraction of sp³-hybridized carbons (Fsp3) is 1.00. The molecule has 7 heteroatoms. The van der Waals surface area contributed by atoms with E-state index < -0.39 is 15.6 Å². The van der Waals surface area contributed by atoms with Crippen LogP contribution in [-0.4, -0.2) is 52.8 Å². The molecule has 0 aromatic rings. The van der Waals surface area contributed by atoms with E-state index in [9.17, 15) is 8.42 Å². The number of hydrogen-bond donors (Lipinski definition) is 2. The van der Waals surface area contributed by atoms with Gasteiger partial charge in [0.05, 0.1) is 6.26 Å². The van der Waals surface area contributed by atoms with Crippen LogP contribution >= 0.6 is 0 Å². The van der Waals surface area contributed by atoms with Crippen molar-refractivity contribution < 1.29 is 17.9 Å². The highest BCUT2D eigenvalue weighted by atomic mass is 32.2. The van der Waals surface area contributed by atoms with Gasteiger partial charge in [-0.15, -0.1) is 0 Å². The lowest BCUT2D eigenvalue weighted by molar-refractivity contribution is -0.133. The first kappa shape index (κ1) is 17.8. The molecule has 0 unspecified atom stereocenters. The predicted octanol–water partition coefficient (Wildman–Crippen LogP) is 0.303. The lowest BCUT2D eigenvalue weighted by atomic mass is 10.1. The van der Waals surface area contributed by atoms with Crippen LogP contribution in [0.1, 0.15) is 27.7 Å². The van der Waals surface area contributed by atoms with Gasteiger partial charge in [-0.3, -0.25) is 0 Å². The van der Waals surface area contributed by atoms with Crippen molar-refractivity contribution >= 4 is 10.0 Å². The first-order chi connectivity index (χ1) is 8.20. The second-order valence-electron chi connectivity index (χ2n) is 4.73. The van der Waals surface area contributed by atoms with Crippen LogP contribution in [0.25, 0.3) is 0 Å². The molecule has 0 rings (SSSR count). The van der Waals surface area contributed by atoms with E-state index in [2.05, 4.69) is 10.0 Å². The van der Waals surface area contributed by atoms with Crippen LogP contribution in [0.5, 0.6) is 0 Å². The highest BCUT2D eigenvalue weighted by Crippen LogP contribution is 2.02. The quantitative estimate of drug-likeness (QED) is 0.564. The summed E-state index contributed by atoms with van der Waals surface area (Å²) < 4.78 is 35.6. The summed E-state index contributed by atoms with van der Waals surface area (Å²) in [4.78, 5) is 0. The van der Waals surface area contributed by atoms with Crippen LogP contribution < -0.4 is 10.0 Å². The summed E-state index contributed by atoms with van der Waals surface area (Å²) in [6, 6.07) is 0. The zero-order valence-corrected chi connectivity index (χ0v) is 12.8. The van der Waals surface area contributed by atoms with E-state index in [-0.39, 0.29) is 6.29 Å². The van der Waals surface area contributed by atoms with Gasteiger partial charge in [0, 0.05) is 31.8 Å². The first-order valence-electron chi connectivity index (χ1n) is 6.13. The second-order valence-corrected chi connectivity index (χ2v) is 6.48. The van der Waals surface area contributed by atoms with Crippen LogP contribution in [0.15, 0.2) is 0 Å². The lowest BCUT2D eigenvalue weighted by Gasteiger charge is -2.26. The van der Waals surface area contributed by atoms with E-state index in [1.807, 2.05) is 27.7 Å². The largest absolute Gasteiger partial charge is 0.352 e. The molecule has 0 saturated carbocycles. The minimum atomic E-state index is -3.21. The Bertz CT molecular complexity index is 311. The van der Waals surface area contributed by atoms with Gasteiger partial charge in [-0.25, -0.2) is 13.1 Å². The monoisotopic (exact) mass is 282 g/mol. The Morgan fingerprint density at radius 3 is 2.06 bits per heavy atom. The molecule has 0 atom stereocenters. The Kier molecular flexibility index (Phi) is 7.97. The fourth-order valence-corrected chi connectivity index (χ4v) is 2.65. The maximum Gasteiger partial charge on any atom is 0.209 e. The van der Waals surface area contributed by atoms with Crippen molar-refractivity contribution in [3.63, 3.8) is 0 Å². The third kappa shape index (κ3) is 9.78. The predicted molar refractivity (Wildman–Crippen MR) is 72.0 cm³/mol. The van der Waals surface area contributed by atoms with Crippen LogP contribution in [0, 0.1) is 0 Å². The summed E-state index contributed by atoms with van der Waals surface area (Å²) in [5.74, 6) is 0. The molecular weight excluding hydrogens is 256 g/mol.